The molecule has 3 heterocycles. The molecule has 1 N–H and O–H groups in total. The number of rotatable bonds is 4. The van der Waals surface area contributed by atoms with Crippen LogP contribution in [0.4, 0.5) is 23.4 Å². The molecule has 1 saturated heterocycles. The molecule has 0 spiro atoms. The Morgan fingerprint density at radius 2 is 1.97 bits per heavy atom. The maximum atomic E-state index is 14.7. The minimum Gasteiger partial charge on any atom is -0.394 e. The molecule has 1 unspecified atom stereocenters. The van der Waals surface area contributed by atoms with Crippen LogP contribution in [-0.4, -0.2) is 52.5 Å². The molecule has 168 valence electrons. The lowest BCUT2D eigenvalue weighted by Crippen LogP contribution is -2.44. The van der Waals surface area contributed by atoms with Crippen molar-refractivity contribution in [3.63, 3.8) is 0 Å². The molecule has 0 saturated carbocycles. The largest absolute Gasteiger partial charge is 0.416 e. The summed E-state index contributed by atoms with van der Waals surface area (Å²) in [5.74, 6) is -0.647. The van der Waals surface area contributed by atoms with Gasteiger partial charge in [-0.3, -0.25) is 4.98 Å². The first kappa shape index (κ1) is 22.4. The second-order valence-corrected chi connectivity index (χ2v) is 7.50. The van der Waals surface area contributed by atoms with E-state index in [1.165, 1.54) is 18.6 Å². The Hall–Kier alpha value is -2.82. The number of hydrogen-bond acceptors (Lipinski definition) is 6. The molecule has 1 aliphatic rings. The zero-order chi connectivity index (χ0) is 22.9. The van der Waals surface area contributed by atoms with Crippen LogP contribution in [0.5, 0.6) is 0 Å². The molecule has 6 nitrogen and oxygen atoms in total. The molecule has 1 aromatic carbocycles. The summed E-state index contributed by atoms with van der Waals surface area (Å²) in [6, 6.07) is 3.81. The van der Waals surface area contributed by atoms with Crippen molar-refractivity contribution in [1.82, 2.24) is 15.0 Å². The summed E-state index contributed by atoms with van der Waals surface area (Å²) in [5.41, 5.74) is -0.608. The smallest absolute Gasteiger partial charge is 0.394 e. The van der Waals surface area contributed by atoms with Crippen molar-refractivity contribution in [2.75, 3.05) is 31.2 Å². The van der Waals surface area contributed by atoms with Gasteiger partial charge in [0.15, 0.2) is 0 Å². The molecule has 1 aliphatic heterocycles. The van der Waals surface area contributed by atoms with E-state index in [1.54, 1.807) is 6.07 Å². The van der Waals surface area contributed by atoms with Crippen molar-refractivity contribution >= 4 is 17.4 Å². The fourth-order valence-corrected chi connectivity index (χ4v) is 3.61. The average Bonchev–Trinajstić information content (AvgIpc) is 2.78. The molecular weight excluding hydrogens is 452 g/mol. The van der Waals surface area contributed by atoms with Crippen molar-refractivity contribution in [2.45, 2.75) is 12.3 Å². The number of alkyl halides is 3. The number of halogens is 5. The van der Waals surface area contributed by atoms with Crippen LogP contribution in [0.25, 0.3) is 22.5 Å². The van der Waals surface area contributed by atoms with E-state index in [9.17, 15) is 22.7 Å². The van der Waals surface area contributed by atoms with Crippen molar-refractivity contribution < 1.29 is 27.4 Å². The van der Waals surface area contributed by atoms with Gasteiger partial charge in [0.25, 0.3) is 0 Å². The lowest BCUT2D eigenvalue weighted by Gasteiger charge is -2.33. The number of hydrogen-bond donors (Lipinski definition) is 1. The molecule has 2 aromatic heterocycles. The van der Waals surface area contributed by atoms with Crippen molar-refractivity contribution in [1.29, 1.82) is 0 Å². The van der Waals surface area contributed by atoms with Crippen molar-refractivity contribution in [3.8, 4) is 22.5 Å². The van der Waals surface area contributed by atoms with Gasteiger partial charge < -0.3 is 14.7 Å². The third-order valence-corrected chi connectivity index (χ3v) is 5.31. The molecule has 1 fully saturated rings. The van der Waals surface area contributed by atoms with Crippen molar-refractivity contribution in [3.05, 3.63) is 59.3 Å². The first-order valence-corrected chi connectivity index (χ1v) is 9.97. The Labute approximate surface area is 185 Å². The zero-order valence-corrected chi connectivity index (χ0v) is 17.2. The normalized spacial score (nSPS) is 16.9. The molecule has 0 amide bonds. The van der Waals surface area contributed by atoms with Crippen LogP contribution in [0.15, 0.2) is 42.9 Å². The van der Waals surface area contributed by atoms with Gasteiger partial charge in [-0.05, 0) is 24.3 Å². The van der Waals surface area contributed by atoms with Crippen LogP contribution in [0.2, 0.25) is 5.02 Å². The Balaban J connectivity index is 1.83. The van der Waals surface area contributed by atoms with Gasteiger partial charge in [0.05, 0.1) is 41.8 Å². The topological polar surface area (TPSA) is 71.4 Å². The minimum atomic E-state index is -4.67. The molecule has 32 heavy (non-hydrogen) atoms. The van der Waals surface area contributed by atoms with Gasteiger partial charge in [-0.15, -0.1) is 0 Å². The van der Waals surface area contributed by atoms with Crippen molar-refractivity contribution in [2.24, 2.45) is 0 Å². The minimum absolute atomic E-state index is 0.0417. The van der Waals surface area contributed by atoms with Gasteiger partial charge in [0.1, 0.15) is 17.3 Å². The van der Waals surface area contributed by atoms with E-state index in [0.717, 1.165) is 12.1 Å². The molecular formula is C21H17ClF4N4O2. The molecule has 0 bridgehead atoms. The van der Waals surface area contributed by atoms with E-state index >= 15 is 0 Å². The number of nitrogens with zero attached hydrogens (tertiary/aromatic N) is 4. The molecule has 3 aromatic rings. The number of morpholine rings is 1. The standard InChI is InChI=1S/C21H17ClF4N4O2/c22-16-8-27-4-3-14(16)20-19(15-2-1-12(7-17(15)23)21(24,25)26)28-9-18(29-20)30-5-6-32-13(10-30)11-31/h1-4,7-9,13,31H,5-6,10-11H2. The fourth-order valence-electron chi connectivity index (χ4n) is 3.41. The van der Waals surface area contributed by atoms with Gasteiger partial charge in [-0.2, -0.15) is 13.2 Å². The van der Waals surface area contributed by atoms with Crippen LogP contribution >= 0.6 is 11.6 Å². The Kier molecular flexibility index (Phi) is 6.27. The SMILES string of the molecule is OCC1CN(c2cnc(-c3ccc(C(F)(F)F)cc3F)c(-c3ccncc3Cl)n2)CCO1. The summed E-state index contributed by atoms with van der Waals surface area (Å²) in [5, 5.41) is 9.62. The first-order chi connectivity index (χ1) is 15.3. The summed E-state index contributed by atoms with van der Waals surface area (Å²) in [4.78, 5) is 14.7. The molecule has 0 aliphatic carbocycles. The number of benzene rings is 1. The van der Waals surface area contributed by atoms with Gasteiger partial charge in [-0.25, -0.2) is 14.4 Å². The number of aromatic nitrogens is 3. The summed E-state index contributed by atoms with van der Waals surface area (Å²) in [7, 11) is 0. The third kappa shape index (κ3) is 4.52. The highest BCUT2D eigenvalue weighted by Gasteiger charge is 2.32. The summed E-state index contributed by atoms with van der Waals surface area (Å²) in [6.07, 6.45) is -0.810. The van der Waals surface area contributed by atoms with E-state index in [1.807, 2.05) is 4.90 Å². The van der Waals surface area contributed by atoms with Gasteiger partial charge in [0.2, 0.25) is 0 Å². The highest BCUT2D eigenvalue weighted by molar-refractivity contribution is 6.33. The Morgan fingerprint density at radius 3 is 2.66 bits per heavy atom. The molecule has 11 heteroatoms. The van der Waals surface area contributed by atoms with Crippen LogP contribution in [0.1, 0.15) is 5.56 Å². The fraction of sp³-hybridized carbons (Fsp3) is 0.286. The number of pyridine rings is 1. The maximum Gasteiger partial charge on any atom is 0.416 e. The summed E-state index contributed by atoms with van der Waals surface area (Å²) < 4.78 is 59.1. The van der Waals surface area contributed by atoms with Gasteiger partial charge >= 0.3 is 6.18 Å². The number of anilines is 1. The second kappa shape index (κ2) is 8.97. The first-order valence-electron chi connectivity index (χ1n) is 9.59. The van der Waals surface area contributed by atoms with E-state index in [-0.39, 0.29) is 28.6 Å². The zero-order valence-electron chi connectivity index (χ0n) is 16.5. The predicted octanol–water partition coefficient (Wildman–Crippen LogP) is 4.21. The van der Waals surface area contributed by atoms with Gasteiger partial charge in [0, 0.05) is 36.6 Å². The molecule has 4 rings (SSSR count). The van der Waals surface area contributed by atoms with Crippen LogP contribution < -0.4 is 4.90 Å². The second-order valence-electron chi connectivity index (χ2n) is 7.09. The third-order valence-electron chi connectivity index (χ3n) is 5.01. The number of aliphatic hydroxyl groups excluding tert-OH is 1. The Bertz CT molecular complexity index is 1130. The van der Waals surface area contributed by atoms with E-state index in [4.69, 9.17) is 16.3 Å². The average molecular weight is 469 g/mol. The highest BCUT2D eigenvalue weighted by Crippen LogP contribution is 2.37. The van der Waals surface area contributed by atoms with Gasteiger partial charge in [-0.1, -0.05) is 11.6 Å². The highest BCUT2D eigenvalue weighted by atomic mass is 35.5. The lowest BCUT2D eigenvalue weighted by molar-refractivity contribution is -0.137. The quantitative estimate of drug-likeness (QED) is 0.578. The monoisotopic (exact) mass is 468 g/mol. The van der Waals surface area contributed by atoms with E-state index in [0.29, 0.717) is 37.1 Å². The summed E-state index contributed by atoms with van der Waals surface area (Å²) in [6.45, 7) is 1.06. The molecule has 1 atom stereocenters. The van der Waals surface area contributed by atoms with Crippen LogP contribution in [-0.2, 0) is 10.9 Å². The Morgan fingerprint density at radius 1 is 1.16 bits per heavy atom. The maximum absolute atomic E-state index is 14.7. The number of aliphatic hydroxyl groups is 1. The molecule has 0 radical (unpaired) electrons. The summed E-state index contributed by atoms with van der Waals surface area (Å²) >= 11 is 6.29. The van der Waals surface area contributed by atoms with Crippen LogP contribution in [0.3, 0.4) is 0 Å². The van der Waals surface area contributed by atoms with E-state index < -0.39 is 23.7 Å². The predicted molar refractivity (Wildman–Crippen MR) is 110 cm³/mol. The van der Waals surface area contributed by atoms with E-state index in [2.05, 4.69) is 15.0 Å². The van der Waals surface area contributed by atoms with Crippen LogP contribution in [0, 0.1) is 5.82 Å². The number of ether oxygens (including phenoxy) is 1. The lowest BCUT2D eigenvalue weighted by atomic mass is 10.0.